The van der Waals surface area contributed by atoms with Crippen molar-refractivity contribution in [3.63, 3.8) is 0 Å². The number of fused-ring (bicyclic) bond motifs is 2. The third-order valence-corrected chi connectivity index (χ3v) is 4.66. The zero-order chi connectivity index (χ0) is 13.3. The lowest BCUT2D eigenvalue weighted by Gasteiger charge is -2.28. The van der Waals surface area contributed by atoms with E-state index in [1.54, 1.807) is 11.8 Å². The first kappa shape index (κ1) is 12.3. The average Bonchev–Trinajstić information content (AvgIpc) is 2.57. The number of benzene rings is 2. The monoisotopic (exact) mass is 266 g/mol. The van der Waals surface area contributed by atoms with E-state index in [4.69, 9.17) is 6.42 Å². The molecule has 0 spiro atoms. The number of aliphatic hydroxyl groups is 1. The van der Waals surface area contributed by atoms with Crippen LogP contribution < -0.4 is 0 Å². The standard InChI is InChI=1S/C17H14OS/c1-2-11-17(18)14-8-4-3-7-13(14)12-19-16-10-6-5-9-15(16)17/h1,3-10,18H,11-12H2. The Balaban J connectivity index is 2.29. The highest BCUT2D eigenvalue weighted by Crippen LogP contribution is 2.44. The Bertz CT molecular complexity index is 607. The molecule has 0 aliphatic carbocycles. The molecule has 0 amide bonds. The summed E-state index contributed by atoms with van der Waals surface area (Å²) in [5.41, 5.74) is 1.93. The highest BCUT2D eigenvalue weighted by Gasteiger charge is 2.36. The molecule has 3 rings (SSSR count). The van der Waals surface area contributed by atoms with Gasteiger partial charge in [0.2, 0.25) is 0 Å². The van der Waals surface area contributed by atoms with Crippen molar-refractivity contribution in [2.45, 2.75) is 22.7 Å². The average molecular weight is 266 g/mol. The first-order chi connectivity index (χ1) is 9.25. The van der Waals surface area contributed by atoms with E-state index in [2.05, 4.69) is 12.0 Å². The minimum atomic E-state index is -1.08. The van der Waals surface area contributed by atoms with E-state index in [9.17, 15) is 5.11 Å². The van der Waals surface area contributed by atoms with Crippen molar-refractivity contribution >= 4 is 11.8 Å². The van der Waals surface area contributed by atoms with Gasteiger partial charge < -0.3 is 5.11 Å². The van der Waals surface area contributed by atoms with Crippen molar-refractivity contribution in [2.75, 3.05) is 0 Å². The predicted octanol–water partition coefficient (Wildman–Crippen LogP) is 3.55. The molecule has 2 heteroatoms. The number of terminal acetylenes is 1. The second-order valence-electron chi connectivity index (χ2n) is 4.68. The normalized spacial score (nSPS) is 20.8. The van der Waals surface area contributed by atoms with Crippen molar-refractivity contribution in [3.05, 3.63) is 65.2 Å². The zero-order valence-electron chi connectivity index (χ0n) is 10.5. The maximum absolute atomic E-state index is 11.2. The van der Waals surface area contributed by atoms with Crippen molar-refractivity contribution in [1.82, 2.24) is 0 Å². The number of hydrogen-bond acceptors (Lipinski definition) is 2. The molecule has 2 aromatic rings. The SMILES string of the molecule is C#CCC1(O)c2ccccc2CSc2ccccc21. The summed E-state index contributed by atoms with van der Waals surface area (Å²) in [6.45, 7) is 0. The van der Waals surface area contributed by atoms with Crippen LogP contribution >= 0.6 is 11.8 Å². The van der Waals surface area contributed by atoms with E-state index in [0.717, 1.165) is 27.3 Å². The summed E-state index contributed by atoms with van der Waals surface area (Å²) < 4.78 is 0. The van der Waals surface area contributed by atoms with E-state index in [-0.39, 0.29) is 0 Å². The van der Waals surface area contributed by atoms with Gasteiger partial charge in [0, 0.05) is 22.6 Å². The lowest BCUT2D eigenvalue weighted by atomic mass is 9.82. The fourth-order valence-electron chi connectivity index (χ4n) is 2.62. The molecule has 0 aromatic heterocycles. The summed E-state index contributed by atoms with van der Waals surface area (Å²) in [7, 11) is 0. The number of thioether (sulfide) groups is 1. The Hall–Kier alpha value is -1.69. The van der Waals surface area contributed by atoms with Crippen LogP contribution in [0.3, 0.4) is 0 Å². The Morgan fingerprint density at radius 1 is 1.11 bits per heavy atom. The minimum Gasteiger partial charge on any atom is -0.379 e. The summed E-state index contributed by atoms with van der Waals surface area (Å²) in [5.74, 6) is 3.49. The smallest absolute Gasteiger partial charge is 0.127 e. The van der Waals surface area contributed by atoms with Gasteiger partial charge in [-0.25, -0.2) is 0 Å². The van der Waals surface area contributed by atoms with Crippen LogP contribution in [0.15, 0.2) is 53.4 Å². The second kappa shape index (κ2) is 4.77. The van der Waals surface area contributed by atoms with Crippen molar-refractivity contribution in [3.8, 4) is 12.3 Å². The maximum Gasteiger partial charge on any atom is 0.127 e. The first-order valence-electron chi connectivity index (χ1n) is 6.22. The van der Waals surface area contributed by atoms with Crippen LogP contribution in [-0.4, -0.2) is 5.11 Å². The lowest BCUT2D eigenvalue weighted by molar-refractivity contribution is 0.0834. The van der Waals surface area contributed by atoms with Gasteiger partial charge in [0.15, 0.2) is 0 Å². The third kappa shape index (κ3) is 1.96. The van der Waals surface area contributed by atoms with Crippen LogP contribution in [0.25, 0.3) is 0 Å². The first-order valence-corrected chi connectivity index (χ1v) is 7.21. The van der Waals surface area contributed by atoms with E-state index < -0.39 is 5.60 Å². The van der Waals surface area contributed by atoms with Crippen molar-refractivity contribution in [2.24, 2.45) is 0 Å². The van der Waals surface area contributed by atoms with E-state index in [1.165, 1.54) is 0 Å². The molecule has 2 aromatic carbocycles. The fourth-order valence-corrected chi connectivity index (χ4v) is 3.75. The van der Waals surface area contributed by atoms with Gasteiger partial charge in [0.25, 0.3) is 0 Å². The molecule has 0 saturated carbocycles. The molecule has 0 fully saturated rings. The molecule has 1 heterocycles. The molecular weight excluding hydrogens is 252 g/mol. The Morgan fingerprint density at radius 2 is 1.79 bits per heavy atom. The summed E-state index contributed by atoms with van der Waals surface area (Å²) in [4.78, 5) is 1.11. The van der Waals surface area contributed by atoms with Gasteiger partial charge in [0.1, 0.15) is 5.60 Å². The molecule has 0 bridgehead atoms. The molecule has 0 radical (unpaired) electrons. The summed E-state index contributed by atoms with van der Waals surface area (Å²) in [5, 5.41) is 11.2. The van der Waals surface area contributed by atoms with Crippen LogP contribution in [0.1, 0.15) is 23.1 Å². The molecular formula is C17H14OS. The lowest BCUT2D eigenvalue weighted by Crippen LogP contribution is -2.27. The minimum absolute atomic E-state index is 0.293. The Labute approximate surface area is 117 Å². The Morgan fingerprint density at radius 3 is 2.58 bits per heavy atom. The highest BCUT2D eigenvalue weighted by atomic mass is 32.2. The van der Waals surface area contributed by atoms with Crippen molar-refractivity contribution in [1.29, 1.82) is 0 Å². The quantitative estimate of drug-likeness (QED) is 0.797. The summed E-state index contributed by atoms with van der Waals surface area (Å²) in [6, 6.07) is 16.0. The Kier molecular flexibility index (Phi) is 3.10. The molecule has 1 aliphatic heterocycles. The molecule has 1 N–H and O–H groups in total. The van der Waals surface area contributed by atoms with E-state index in [1.807, 2.05) is 42.5 Å². The van der Waals surface area contributed by atoms with E-state index in [0.29, 0.717) is 6.42 Å². The van der Waals surface area contributed by atoms with Gasteiger partial charge in [-0.2, -0.15) is 0 Å². The third-order valence-electron chi connectivity index (χ3n) is 3.54. The molecule has 1 atom stereocenters. The zero-order valence-corrected chi connectivity index (χ0v) is 11.3. The van der Waals surface area contributed by atoms with Crippen LogP contribution in [0.5, 0.6) is 0 Å². The van der Waals surface area contributed by atoms with Crippen LogP contribution in [0.2, 0.25) is 0 Å². The topological polar surface area (TPSA) is 20.2 Å². The molecule has 1 aliphatic rings. The predicted molar refractivity (Wildman–Crippen MR) is 78.9 cm³/mol. The molecule has 1 nitrogen and oxygen atoms in total. The summed E-state index contributed by atoms with van der Waals surface area (Å²) >= 11 is 1.75. The van der Waals surface area contributed by atoms with Crippen molar-refractivity contribution < 1.29 is 5.11 Å². The van der Waals surface area contributed by atoms with Crippen LogP contribution in [0, 0.1) is 12.3 Å². The van der Waals surface area contributed by atoms with Crippen LogP contribution in [0.4, 0.5) is 0 Å². The highest BCUT2D eigenvalue weighted by molar-refractivity contribution is 7.98. The molecule has 0 saturated heterocycles. The van der Waals surface area contributed by atoms with Gasteiger partial charge >= 0.3 is 0 Å². The number of rotatable bonds is 1. The summed E-state index contributed by atoms with van der Waals surface area (Å²) in [6.07, 6.45) is 5.79. The number of hydrogen-bond donors (Lipinski definition) is 1. The van der Waals surface area contributed by atoms with Gasteiger partial charge in [0.05, 0.1) is 0 Å². The second-order valence-corrected chi connectivity index (χ2v) is 5.70. The fraction of sp³-hybridized carbons (Fsp3) is 0.176. The molecule has 1 unspecified atom stereocenters. The maximum atomic E-state index is 11.2. The largest absolute Gasteiger partial charge is 0.379 e. The van der Waals surface area contributed by atoms with Crippen LogP contribution in [-0.2, 0) is 11.4 Å². The molecule has 94 valence electrons. The van der Waals surface area contributed by atoms with E-state index >= 15 is 0 Å². The molecule has 19 heavy (non-hydrogen) atoms. The van der Waals surface area contributed by atoms with Gasteiger partial charge in [-0.05, 0) is 17.2 Å². The van der Waals surface area contributed by atoms with Gasteiger partial charge in [-0.15, -0.1) is 24.1 Å². The van der Waals surface area contributed by atoms with Gasteiger partial charge in [-0.3, -0.25) is 0 Å². The van der Waals surface area contributed by atoms with Gasteiger partial charge in [-0.1, -0.05) is 42.5 Å².